The maximum Gasteiger partial charge on any atom is 0.127 e. The second kappa shape index (κ2) is 8.04. The molecule has 6 rings (SSSR count). The molecule has 2 N–H and O–H groups in total. The molecule has 37 heavy (non-hydrogen) atoms. The number of rotatable bonds is 4. The molecule has 188 valence electrons. The maximum atomic E-state index is 9.64. The van der Waals surface area contributed by atoms with Gasteiger partial charge in [-0.15, -0.1) is 0 Å². The minimum Gasteiger partial charge on any atom is -0.508 e. The van der Waals surface area contributed by atoms with E-state index in [-0.39, 0.29) is 27.7 Å². The largest absolute Gasteiger partial charge is 0.508 e. The Morgan fingerprint density at radius 2 is 0.838 bits per heavy atom. The number of phenolic OH excluding ortho intramolecular Hbond substituents is 2. The predicted molar refractivity (Wildman–Crippen MR) is 145 cm³/mol. The zero-order chi connectivity index (χ0) is 26.0. The molecule has 0 unspecified atom stereocenters. The molecule has 2 aliphatic carbocycles. The average molecular weight is 493 g/mol. The van der Waals surface area contributed by atoms with Gasteiger partial charge in [-0.05, 0) is 119 Å². The van der Waals surface area contributed by atoms with E-state index in [1.54, 1.807) is 48.5 Å². The van der Waals surface area contributed by atoms with Crippen LogP contribution in [0.25, 0.3) is 0 Å². The Hall–Kier alpha value is -3.92. The van der Waals surface area contributed by atoms with Crippen LogP contribution in [-0.4, -0.2) is 10.2 Å². The highest BCUT2D eigenvalue weighted by molar-refractivity contribution is 5.62. The summed E-state index contributed by atoms with van der Waals surface area (Å²) in [4.78, 5) is 0. The summed E-state index contributed by atoms with van der Waals surface area (Å²) in [6.45, 7) is 9.34. The molecule has 4 aromatic rings. The number of hydrogen-bond donors (Lipinski definition) is 2. The Morgan fingerprint density at radius 3 is 1.22 bits per heavy atom. The highest BCUT2D eigenvalue weighted by Crippen LogP contribution is 2.63. The monoisotopic (exact) mass is 492 g/mol. The molecule has 4 nitrogen and oxygen atoms in total. The minimum atomic E-state index is -0.152. The highest BCUT2D eigenvalue weighted by Gasteiger charge is 2.56. The summed E-state index contributed by atoms with van der Waals surface area (Å²) in [5, 5.41) is 19.3. The summed E-state index contributed by atoms with van der Waals surface area (Å²) in [7, 11) is 0. The Morgan fingerprint density at radius 1 is 0.486 bits per heavy atom. The fraction of sp³-hybridized carbons (Fsp3) is 0.273. The van der Waals surface area contributed by atoms with Crippen LogP contribution in [-0.2, 0) is 16.2 Å². The standard InChI is InChI=1S/C33H32O4/c1-31(2)19-33(29-17-25(13-15-27(29)31)36-23-9-5-21(34)6-10-23)20-32(3,4)28-16-14-26(18-30(28)33)37-24-11-7-22(35)8-12-24/h5-18,34-35H,19-20H2,1-4H3. The Labute approximate surface area is 218 Å². The van der Waals surface area contributed by atoms with Gasteiger partial charge < -0.3 is 19.7 Å². The van der Waals surface area contributed by atoms with E-state index in [1.807, 2.05) is 0 Å². The quantitative estimate of drug-likeness (QED) is 0.301. The molecular weight excluding hydrogens is 460 g/mol. The van der Waals surface area contributed by atoms with Crippen LogP contribution in [0.3, 0.4) is 0 Å². The third-order valence-corrected chi connectivity index (χ3v) is 8.10. The fourth-order valence-electron chi connectivity index (χ4n) is 6.73. The van der Waals surface area contributed by atoms with E-state index in [4.69, 9.17) is 9.47 Å². The van der Waals surface area contributed by atoms with Gasteiger partial charge in [-0.3, -0.25) is 0 Å². The lowest BCUT2D eigenvalue weighted by Crippen LogP contribution is -2.27. The molecule has 0 fully saturated rings. The number of ether oxygens (including phenoxy) is 2. The lowest BCUT2D eigenvalue weighted by molar-refractivity contribution is 0.349. The van der Waals surface area contributed by atoms with Crippen molar-refractivity contribution in [2.24, 2.45) is 0 Å². The third-order valence-electron chi connectivity index (χ3n) is 8.10. The number of benzene rings is 4. The molecule has 4 aromatic carbocycles. The van der Waals surface area contributed by atoms with E-state index < -0.39 is 0 Å². The van der Waals surface area contributed by atoms with Gasteiger partial charge in [0.15, 0.2) is 0 Å². The van der Waals surface area contributed by atoms with Gasteiger partial charge in [0.2, 0.25) is 0 Å². The van der Waals surface area contributed by atoms with Crippen molar-refractivity contribution < 1.29 is 19.7 Å². The SMILES string of the molecule is CC1(C)CC2(CC(C)(C)c3ccc(Oc4ccc(O)cc4)cc32)c2cc(Oc3ccc(O)cc3)ccc21. The van der Waals surface area contributed by atoms with Crippen LogP contribution in [0, 0.1) is 0 Å². The average Bonchev–Trinajstić information content (AvgIpc) is 3.21. The van der Waals surface area contributed by atoms with Crippen molar-refractivity contribution in [3.05, 3.63) is 107 Å². The first-order valence-electron chi connectivity index (χ1n) is 12.8. The molecule has 0 aliphatic heterocycles. The lowest BCUT2D eigenvalue weighted by Gasteiger charge is -2.30. The molecule has 0 saturated heterocycles. The van der Waals surface area contributed by atoms with Gasteiger partial charge in [-0.1, -0.05) is 39.8 Å². The number of phenols is 2. The normalized spacial score (nSPS) is 17.8. The first-order chi connectivity index (χ1) is 17.6. The van der Waals surface area contributed by atoms with Crippen LogP contribution in [0.1, 0.15) is 62.8 Å². The molecule has 2 aliphatic rings. The topological polar surface area (TPSA) is 58.9 Å². The van der Waals surface area contributed by atoms with E-state index in [1.165, 1.54) is 22.3 Å². The van der Waals surface area contributed by atoms with E-state index in [9.17, 15) is 10.2 Å². The Bertz CT molecular complexity index is 1370. The van der Waals surface area contributed by atoms with Crippen molar-refractivity contribution in [1.29, 1.82) is 0 Å². The summed E-state index contributed by atoms with van der Waals surface area (Å²) < 4.78 is 12.5. The summed E-state index contributed by atoms with van der Waals surface area (Å²) in [6, 6.07) is 26.7. The molecule has 0 amide bonds. The van der Waals surface area contributed by atoms with Crippen LogP contribution in [0.5, 0.6) is 34.5 Å². The molecule has 0 saturated carbocycles. The molecule has 0 bridgehead atoms. The fourth-order valence-corrected chi connectivity index (χ4v) is 6.73. The molecule has 1 spiro atoms. The van der Waals surface area contributed by atoms with Crippen LogP contribution in [0.4, 0.5) is 0 Å². The van der Waals surface area contributed by atoms with Crippen LogP contribution in [0.15, 0.2) is 84.9 Å². The Balaban J connectivity index is 1.45. The van der Waals surface area contributed by atoms with Crippen molar-refractivity contribution in [1.82, 2.24) is 0 Å². The zero-order valence-electron chi connectivity index (χ0n) is 21.7. The van der Waals surface area contributed by atoms with Crippen molar-refractivity contribution in [3.63, 3.8) is 0 Å². The van der Waals surface area contributed by atoms with E-state index in [2.05, 4.69) is 64.1 Å². The number of fused-ring (bicyclic) bond motifs is 4. The second-order valence-corrected chi connectivity index (χ2v) is 11.8. The minimum absolute atomic E-state index is 0.0118. The van der Waals surface area contributed by atoms with Crippen molar-refractivity contribution in [2.75, 3.05) is 0 Å². The molecule has 0 heterocycles. The molecule has 0 atom stereocenters. The summed E-state index contributed by atoms with van der Waals surface area (Å²) in [5.41, 5.74) is 5.23. The van der Waals surface area contributed by atoms with Gasteiger partial charge in [0, 0.05) is 5.41 Å². The molecule has 0 aromatic heterocycles. The van der Waals surface area contributed by atoms with E-state index in [0.29, 0.717) is 11.5 Å². The number of hydrogen-bond acceptors (Lipinski definition) is 4. The summed E-state index contributed by atoms with van der Waals surface area (Å²) in [6.07, 6.45) is 2.02. The van der Waals surface area contributed by atoms with Crippen molar-refractivity contribution >= 4 is 0 Å². The summed E-state index contributed by atoms with van der Waals surface area (Å²) in [5.74, 6) is 3.42. The van der Waals surface area contributed by atoms with Gasteiger partial charge in [0.1, 0.15) is 34.5 Å². The van der Waals surface area contributed by atoms with Crippen molar-refractivity contribution in [3.8, 4) is 34.5 Å². The van der Waals surface area contributed by atoms with E-state index in [0.717, 1.165) is 24.3 Å². The second-order valence-electron chi connectivity index (χ2n) is 11.8. The van der Waals surface area contributed by atoms with Gasteiger partial charge in [0.05, 0.1) is 0 Å². The first-order valence-corrected chi connectivity index (χ1v) is 12.8. The van der Waals surface area contributed by atoms with Gasteiger partial charge in [-0.2, -0.15) is 0 Å². The van der Waals surface area contributed by atoms with Gasteiger partial charge >= 0.3 is 0 Å². The van der Waals surface area contributed by atoms with Gasteiger partial charge in [-0.25, -0.2) is 0 Å². The Kier molecular flexibility index (Phi) is 5.10. The van der Waals surface area contributed by atoms with Crippen LogP contribution in [0.2, 0.25) is 0 Å². The molecular formula is C33H32O4. The smallest absolute Gasteiger partial charge is 0.127 e. The van der Waals surface area contributed by atoms with Crippen LogP contribution >= 0.6 is 0 Å². The summed E-state index contributed by atoms with van der Waals surface area (Å²) >= 11 is 0. The van der Waals surface area contributed by atoms with Crippen molar-refractivity contribution in [2.45, 2.75) is 56.8 Å². The van der Waals surface area contributed by atoms with Crippen LogP contribution < -0.4 is 9.47 Å². The lowest BCUT2D eigenvalue weighted by atomic mass is 9.72. The first kappa shape index (κ1) is 23.5. The highest BCUT2D eigenvalue weighted by atomic mass is 16.5. The predicted octanol–water partition coefficient (Wildman–Crippen LogP) is 8.33. The zero-order valence-corrected chi connectivity index (χ0v) is 21.7. The third kappa shape index (κ3) is 3.92. The number of aromatic hydroxyl groups is 2. The molecule has 4 heteroatoms. The maximum absolute atomic E-state index is 9.64. The van der Waals surface area contributed by atoms with E-state index >= 15 is 0 Å². The molecule has 0 radical (unpaired) electrons. The van der Waals surface area contributed by atoms with Gasteiger partial charge in [0.25, 0.3) is 0 Å².